The van der Waals surface area contributed by atoms with Crippen molar-refractivity contribution in [3.8, 4) is 0 Å². The van der Waals surface area contributed by atoms with Crippen LogP contribution in [-0.2, 0) is 70.4 Å². The number of para-hydroxylation sites is 1. The lowest BCUT2D eigenvalue weighted by atomic mass is 9.74. The summed E-state index contributed by atoms with van der Waals surface area (Å²) in [5, 5.41) is 7.08. The quantitative estimate of drug-likeness (QED) is 0.0155. The number of hydrogen-bond acceptors (Lipinski definition) is 13. The summed E-state index contributed by atoms with van der Waals surface area (Å²) in [6.07, 6.45) is 7.59. The zero-order chi connectivity index (χ0) is 67.8. The lowest BCUT2D eigenvalue weighted by Gasteiger charge is -2.37. The van der Waals surface area contributed by atoms with Crippen LogP contribution in [0, 0.1) is 58.2 Å². The van der Waals surface area contributed by atoms with Gasteiger partial charge in [-0.15, -0.1) is 0 Å². The Morgan fingerprint density at radius 3 is 2.03 bits per heavy atom. The molecule has 3 aromatic rings. The van der Waals surface area contributed by atoms with E-state index in [2.05, 4.69) is 47.2 Å². The molecule has 6 rings (SSSR count). The lowest BCUT2D eigenvalue weighted by molar-refractivity contribution is -0.150. The number of carbonyl (C=O) groups is 9. The highest BCUT2D eigenvalue weighted by Crippen LogP contribution is 2.76. The second-order valence-corrected chi connectivity index (χ2v) is 27.7. The van der Waals surface area contributed by atoms with E-state index in [9.17, 15) is 43.2 Å². The molecule has 3 aliphatic rings. The molecule has 1 saturated carbocycles. The Morgan fingerprint density at radius 2 is 1.42 bits per heavy atom. The van der Waals surface area contributed by atoms with E-state index in [0.29, 0.717) is 71.0 Å². The molecule has 20 nitrogen and oxygen atoms in total. The van der Waals surface area contributed by atoms with Gasteiger partial charge in [0.05, 0.1) is 54.0 Å². The molecule has 0 bridgehead atoms. The first-order chi connectivity index (χ1) is 43.8. The number of ether oxygens (including phenoxy) is 3. The number of amides is 7. The van der Waals surface area contributed by atoms with Gasteiger partial charge in [0, 0.05) is 69.6 Å². The summed E-state index contributed by atoms with van der Waals surface area (Å²) in [6.45, 7) is 25.1. The van der Waals surface area contributed by atoms with E-state index in [0.717, 1.165) is 34.9 Å². The molecule has 0 spiro atoms. The van der Waals surface area contributed by atoms with Gasteiger partial charge < -0.3 is 34.7 Å². The average molecular weight is 1280 g/mol. The fraction of sp³-hybridized carbons (Fsp3) is 0.681. The fourth-order valence-electron chi connectivity index (χ4n) is 15.1. The molecule has 3 fully saturated rings. The topological polar surface area (TPSA) is 255 Å². The number of ketones is 1. The van der Waals surface area contributed by atoms with Crippen LogP contribution >= 0.6 is 0 Å². The van der Waals surface area contributed by atoms with Crippen LogP contribution in [0.2, 0.25) is 0 Å². The van der Waals surface area contributed by atoms with Gasteiger partial charge in [0.1, 0.15) is 12.6 Å². The van der Waals surface area contributed by atoms with Gasteiger partial charge in [-0.05, 0) is 117 Å². The number of nitrogens with zero attached hydrogens (tertiary/aromatic N) is 3. The third-order valence-electron chi connectivity index (χ3n) is 21.3. The normalized spacial score (nSPS) is 22.1. The van der Waals surface area contributed by atoms with E-state index >= 15 is 0 Å². The number of carbonyl (C=O) groups excluding carboxylic acids is 9. The van der Waals surface area contributed by atoms with Crippen molar-refractivity contribution in [3.05, 3.63) is 71.9 Å². The van der Waals surface area contributed by atoms with Crippen LogP contribution in [-0.4, -0.2) is 150 Å². The number of hydrazine groups is 1. The minimum atomic E-state index is -1.01. The number of nitrogens with one attached hydrogen (secondary N) is 5. The molecule has 14 atom stereocenters. The molecule has 2 aromatic carbocycles. The van der Waals surface area contributed by atoms with Gasteiger partial charge in [-0.2, -0.15) is 0 Å². The second kappa shape index (κ2) is 34.1. The molecule has 92 heavy (non-hydrogen) atoms. The number of benzene rings is 2. The van der Waals surface area contributed by atoms with Gasteiger partial charge in [0.25, 0.3) is 0 Å². The number of fused-ring (bicyclic) bond motifs is 2. The number of methoxy groups -OCH3 is 2. The molecule has 20 heteroatoms. The van der Waals surface area contributed by atoms with Gasteiger partial charge in [-0.25, -0.2) is 4.79 Å². The van der Waals surface area contributed by atoms with Gasteiger partial charge in [0.2, 0.25) is 41.4 Å². The number of unbranched alkanes of at least 4 members (excludes halogenated alkanes) is 2. The maximum atomic E-state index is 14.7. The Labute approximate surface area is 547 Å². The monoisotopic (exact) mass is 1280 g/mol. The van der Waals surface area contributed by atoms with Crippen LogP contribution < -0.4 is 21.5 Å². The first kappa shape index (κ1) is 74.5. The molecule has 5 N–H and O–H groups in total. The molecular formula is C72H110N8O12. The number of Topliss-reactive ketones (excluding diaryl/α,β-unsaturated/α-hetero) is 1. The van der Waals surface area contributed by atoms with Crippen molar-refractivity contribution in [1.82, 2.24) is 41.2 Å². The number of esters is 1. The van der Waals surface area contributed by atoms with Crippen molar-refractivity contribution < 1.29 is 57.4 Å². The van der Waals surface area contributed by atoms with Crippen molar-refractivity contribution in [2.75, 3.05) is 40.9 Å². The van der Waals surface area contributed by atoms with Gasteiger partial charge >= 0.3 is 5.97 Å². The first-order valence-corrected chi connectivity index (χ1v) is 34.2. The summed E-state index contributed by atoms with van der Waals surface area (Å²) in [4.78, 5) is 132. The molecule has 1 aliphatic carbocycles. The van der Waals surface area contributed by atoms with Crippen molar-refractivity contribution in [3.63, 3.8) is 0 Å². The van der Waals surface area contributed by atoms with E-state index in [-0.39, 0.29) is 114 Å². The zero-order valence-electron chi connectivity index (χ0n) is 57.8. The van der Waals surface area contributed by atoms with E-state index < -0.39 is 65.5 Å². The number of likely N-dealkylation sites (tertiary alicyclic amines) is 2. The number of aromatic nitrogens is 1. The molecule has 7 amide bonds. The molecule has 14 unspecified atom stereocenters. The molecule has 3 heterocycles. The lowest BCUT2D eigenvalue weighted by Crippen LogP contribution is -2.55. The smallest absolute Gasteiger partial charge is 0.329 e. The highest BCUT2D eigenvalue weighted by Gasteiger charge is 2.83. The number of likely N-dealkylation sites (N-methyl/N-ethyl adjacent to an activating group) is 1. The van der Waals surface area contributed by atoms with E-state index in [1.165, 1.54) is 4.90 Å². The molecule has 2 saturated heterocycles. The number of hydrogen-bond donors (Lipinski definition) is 5. The Balaban J connectivity index is 0.978. The Bertz CT molecular complexity index is 2990. The largest absolute Gasteiger partial charge is 0.459 e. The van der Waals surface area contributed by atoms with Crippen LogP contribution in [0.1, 0.15) is 178 Å². The predicted molar refractivity (Wildman–Crippen MR) is 355 cm³/mol. The standard InChI is InChI=1S/C72H110N8O12/c1-16-46(8)53(57(90-14)41-60(83)79-38-27-33-56(79)64(91-15)49(11)66(85)74-55(69(88)92-43-50-29-21-19-22-30-50)40-51-42-73-54-32-25-24-31-52(51)54)39-47(9)48(10)63(84)61(44(4)5)75-67(86)62(45(6)7)78(13)36-28-35-59(82)77-76-58(81)34-23-20-26-37-80-68(87)65-71(12,17-2)72(65,18-3)70(80)89/h19,21-22,24-25,29-32,42,44-49,53,55-57,61-62,64-65,73H,16-18,20,23,26-28,33-41,43H2,1-15H3,(H,74,85)(H,75,86)(H,76,81)(H,77,82). The van der Waals surface area contributed by atoms with Crippen LogP contribution in [0.5, 0.6) is 0 Å². The van der Waals surface area contributed by atoms with Gasteiger partial charge in [-0.3, -0.25) is 59.0 Å². The highest BCUT2D eigenvalue weighted by molar-refractivity contribution is 6.13. The van der Waals surface area contributed by atoms with Crippen LogP contribution in [0.3, 0.4) is 0 Å². The fourth-order valence-corrected chi connectivity index (χ4v) is 15.1. The number of rotatable bonds is 38. The number of aromatic amines is 1. The summed E-state index contributed by atoms with van der Waals surface area (Å²) < 4.78 is 18.1. The Morgan fingerprint density at radius 1 is 0.761 bits per heavy atom. The van der Waals surface area contributed by atoms with E-state index in [1.54, 1.807) is 21.1 Å². The van der Waals surface area contributed by atoms with Crippen LogP contribution in [0.15, 0.2) is 60.8 Å². The maximum absolute atomic E-state index is 14.7. The van der Waals surface area contributed by atoms with Gasteiger partial charge in [0.15, 0.2) is 5.78 Å². The summed E-state index contributed by atoms with van der Waals surface area (Å²) in [5.74, 6) is -4.20. The van der Waals surface area contributed by atoms with Crippen LogP contribution in [0.4, 0.5) is 0 Å². The van der Waals surface area contributed by atoms with E-state index in [4.69, 9.17) is 14.2 Å². The average Bonchev–Trinajstić information content (AvgIpc) is 1.48. The minimum Gasteiger partial charge on any atom is -0.459 e. The SMILES string of the molecule is CCC(C)C(CC(C)C(C)C(=O)C(NC(=O)C(C(C)C)N(C)CCCC(=O)NNC(=O)CCCCCN1C(=O)C2C(C)(CC)C2(CC)C1=O)C(C)C)C(CC(=O)N1CCCC1C(OC)C(C)C(=O)NC(Cc1c[nH]c2ccccc12)C(=O)OCc1ccccc1)OC. The van der Waals surface area contributed by atoms with Crippen molar-refractivity contribution in [2.45, 2.75) is 216 Å². The molecule has 510 valence electrons. The summed E-state index contributed by atoms with van der Waals surface area (Å²) in [6, 6.07) is 14.3. The molecular weight excluding hydrogens is 1170 g/mol. The Hall–Kier alpha value is -6.51. The summed E-state index contributed by atoms with van der Waals surface area (Å²) in [5.41, 5.74) is 6.74. The Kier molecular flexibility index (Phi) is 27.6. The zero-order valence-corrected chi connectivity index (χ0v) is 57.8. The second-order valence-electron chi connectivity index (χ2n) is 27.7. The first-order valence-electron chi connectivity index (χ1n) is 34.2. The molecule has 2 aliphatic heterocycles. The third kappa shape index (κ3) is 17.4. The predicted octanol–water partition coefficient (Wildman–Crippen LogP) is 9.28. The number of H-pyrrole nitrogens is 1. The van der Waals surface area contributed by atoms with Crippen LogP contribution in [0.25, 0.3) is 10.9 Å². The molecule has 0 radical (unpaired) electrons. The van der Waals surface area contributed by atoms with Crippen molar-refractivity contribution in [1.29, 1.82) is 0 Å². The number of imide groups is 1. The minimum absolute atomic E-state index is 0.0462. The number of piperidine rings is 1. The van der Waals surface area contributed by atoms with Gasteiger partial charge in [-0.1, -0.05) is 144 Å². The summed E-state index contributed by atoms with van der Waals surface area (Å²) >= 11 is 0. The highest BCUT2D eigenvalue weighted by atomic mass is 16.5. The summed E-state index contributed by atoms with van der Waals surface area (Å²) in [7, 11) is 5.00. The van der Waals surface area contributed by atoms with Crippen molar-refractivity contribution >= 4 is 64.0 Å². The van der Waals surface area contributed by atoms with E-state index in [1.807, 2.05) is 133 Å². The molecule has 1 aromatic heterocycles. The maximum Gasteiger partial charge on any atom is 0.329 e. The third-order valence-corrected chi connectivity index (χ3v) is 21.3. The van der Waals surface area contributed by atoms with Crippen molar-refractivity contribution in [2.24, 2.45) is 58.2 Å².